The Balaban J connectivity index is 2.07. The molecule has 0 radical (unpaired) electrons. The normalized spacial score (nSPS) is 15.4. The molecule has 1 aromatic rings. The number of allylic oxidation sites excluding steroid dienone is 3. The van der Waals surface area contributed by atoms with Crippen molar-refractivity contribution in [2.75, 3.05) is 0 Å². The quantitative estimate of drug-likeness (QED) is 0.688. The van der Waals surface area contributed by atoms with E-state index in [1.165, 1.54) is 28.2 Å². The largest absolute Gasteiger partial charge is 0.0905 e. The molecule has 0 saturated heterocycles. The molecule has 0 aromatic heterocycles. The van der Waals surface area contributed by atoms with Crippen LogP contribution in [-0.2, 0) is 0 Å². The minimum absolute atomic E-state index is 1.19. The predicted octanol–water partition coefficient (Wildman–Crippen LogP) is 4.32. The smallest absolute Gasteiger partial charge is 0.0122 e. The van der Waals surface area contributed by atoms with Gasteiger partial charge in [0.25, 0.3) is 0 Å². The molecule has 0 amide bonds. The maximum absolute atomic E-state index is 2.31. The zero-order valence-corrected chi connectivity index (χ0v) is 9.18. The van der Waals surface area contributed by atoms with Gasteiger partial charge in [-0.15, -0.1) is 0 Å². The van der Waals surface area contributed by atoms with E-state index in [2.05, 4.69) is 49.4 Å². The topological polar surface area (TPSA) is 0 Å². The van der Waals surface area contributed by atoms with Crippen LogP contribution in [0.15, 0.2) is 52.3 Å². The Labute approximate surface area is 89.7 Å². The van der Waals surface area contributed by atoms with Gasteiger partial charge in [-0.3, -0.25) is 0 Å². The Kier molecular flexibility index (Phi) is 3.10. The summed E-state index contributed by atoms with van der Waals surface area (Å²) in [5.41, 5.74) is 1.32. The maximum atomic E-state index is 2.31. The Morgan fingerprint density at radius 2 is 1.86 bits per heavy atom. The molecule has 1 heteroatoms. The lowest BCUT2D eigenvalue weighted by molar-refractivity contribution is 1.03. The van der Waals surface area contributed by atoms with Crippen LogP contribution in [0.3, 0.4) is 0 Å². The second-order valence-electron chi connectivity index (χ2n) is 3.50. The summed E-state index contributed by atoms with van der Waals surface area (Å²) in [4.78, 5) is 2.70. The molecule has 1 aliphatic rings. The van der Waals surface area contributed by atoms with Crippen molar-refractivity contribution >= 4 is 11.8 Å². The molecule has 0 saturated carbocycles. The van der Waals surface area contributed by atoms with Crippen LogP contribution in [0, 0.1) is 6.92 Å². The molecule has 0 fully saturated rings. The van der Waals surface area contributed by atoms with Crippen molar-refractivity contribution in [3.05, 3.63) is 53.0 Å². The highest BCUT2D eigenvalue weighted by atomic mass is 32.2. The molecule has 72 valence electrons. The van der Waals surface area contributed by atoms with Crippen LogP contribution < -0.4 is 0 Å². The number of hydrogen-bond donors (Lipinski definition) is 0. The van der Waals surface area contributed by atoms with Gasteiger partial charge in [0.1, 0.15) is 0 Å². The third-order valence-corrected chi connectivity index (χ3v) is 3.26. The fourth-order valence-corrected chi connectivity index (χ4v) is 2.32. The lowest BCUT2D eigenvalue weighted by Gasteiger charge is -2.06. The Hall–Kier alpha value is -0.950. The summed E-state index contributed by atoms with van der Waals surface area (Å²) in [6.07, 6.45) is 9.15. The molecular weight excluding hydrogens is 188 g/mol. The molecule has 0 N–H and O–H groups in total. The van der Waals surface area contributed by atoms with E-state index in [9.17, 15) is 0 Å². The van der Waals surface area contributed by atoms with Gasteiger partial charge in [-0.05, 0) is 31.9 Å². The Morgan fingerprint density at radius 3 is 2.50 bits per heavy atom. The van der Waals surface area contributed by atoms with E-state index in [1.54, 1.807) is 0 Å². The van der Waals surface area contributed by atoms with Crippen LogP contribution in [0.2, 0.25) is 0 Å². The second-order valence-corrected chi connectivity index (χ2v) is 4.65. The summed E-state index contributed by atoms with van der Waals surface area (Å²) in [5, 5.41) is 0. The number of rotatable bonds is 2. The molecule has 1 aliphatic carbocycles. The van der Waals surface area contributed by atoms with Gasteiger partial charge in [-0.1, -0.05) is 47.7 Å². The van der Waals surface area contributed by atoms with Crippen LogP contribution in [0.1, 0.15) is 18.4 Å². The first-order valence-corrected chi connectivity index (χ1v) is 5.77. The molecule has 14 heavy (non-hydrogen) atoms. The lowest BCUT2D eigenvalue weighted by Crippen LogP contribution is -1.80. The highest BCUT2D eigenvalue weighted by molar-refractivity contribution is 8.03. The first-order valence-electron chi connectivity index (χ1n) is 4.96. The Bertz CT molecular complexity index is 357. The minimum Gasteiger partial charge on any atom is -0.0905 e. The molecule has 0 unspecified atom stereocenters. The second kappa shape index (κ2) is 4.52. The van der Waals surface area contributed by atoms with Crippen molar-refractivity contribution < 1.29 is 0 Å². The average molecular weight is 202 g/mol. The highest BCUT2D eigenvalue weighted by Crippen LogP contribution is 2.29. The number of aryl methyl sites for hydroxylation is 1. The zero-order chi connectivity index (χ0) is 9.80. The van der Waals surface area contributed by atoms with Crippen LogP contribution in [0.25, 0.3) is 0 Å². The number of benzene rings is 1. The highest BCUT2D eigenvalue weighted by Gasteiger charge is 1.99. The number of hydrogen-bond acceptors (Lipinski definition) is 1. The van der Waals surface area contributed by atoms with E-state index in [4.69, 9.17) is 0 Å². The van der Waals surface area contributed by atoms with Gasteiger partial charge in [0.05, 0.1) is 0 Å². The van der Waals surface area contributed by atoms with Crippen molar-refractivity contribution in [2.45, 2.75) is 24.7 Å². The SMILES string of the molecule is Cc1ccc(SC2=CCCC=C2)cc1. The first kappa shape index (κ1) is 9.60. The van der Waals surface area contributed by atoms with Gasteiger partial charge in [-0.25, -0.2) is 0 Å². The average Bonchev–Trinajstić information content (AvgIpc) is 2.23. The van der Waals surface area contributed by atoms with E-state index in [-0.39, 0.29) is 0 Å². The van der Waals surface area contributed by atoms with Crippen LogP contribution in [0.5, 0.6) is 0 Å². The summed E-state index contributed by atoms with van der Waals surface area (Å²) in [6.45, 7) is 2.12. The fraction of sp³-hybridized carbons (Fsp3) is 0.231. The Morgan fingerprint density at radius 1 is 1.07 bits per heavy atom. The summed E-state index contributed by atoms with van der Waals surface area (Å²) >= 11 is 1.85. The van der Waals surface area contributed by atoms with Gasteiger partial charge in [-0.2, -0.15) is 0 Å². The fourth-order valence-electron chi connectivity index (χ4n) is 1.41. The van der Waals surface area contributed by atoms with Crippen molar-refractivity contribution in [3.63, 3.8) is 0 Å². The van der Waals surface area contributed by atoms with Crippen molar-refractivity contribution in [1.29, 1.82) is 0 Å². The molecule has 0 nitrogen and oxygen atoms in total. The van der Waals surface area contributed by atoms with Gasteiger partial charge in [0, 0.05) is 9.80 Å². The summed E-state index contributed by atoms with van der Waals surface area (Å²) in [7, 11) is 0. The third-order valence-electron chi connectivity index (χ3n) is 2.22. The van der Waals surface area contributed by atoms with Crippen LogP contribution in [-0.4, -0.2) is 0 Å². The molecule has 0 bridgehead atoms. The molecule has 0 atom stereocenters. The molecular formula is C13H14S. The van der Waals surface area contributed by atoms with E-state index in [0.717, 1.165) is 0 Å². The monoisotopic (exact) mass is 202 g/mol. The summed E-state index contributed by atoms with van der Waals surface area (Å²) in [6, 6.07) is 8.69. The van der Waals surface area contributed by atoms with Gasteiger partial charge in [0.15, 0.2) is 0 Å². The molecule has 1 aromatic carbocycles. The van der Waals surface area contributed by atoms with E-state index >= 15 is 0 Å². The molecule has 0 spiro atoms. The summed E-state index contributed by atoms with van der Waals surface area (Å²) < 4.78 is 0. The van der Waals surface area contributed by atoms with Crippen LogP contribution in [0.4, 0.5) is 0 Å². The standard InChI is InChI=1S/C13H14S/c1-11-7-9-13(10-8-11)14-12-5-3-2-4-6-12/h3,5-10H,2,4H2,1H3. The van der Waals surface area contributed by atoms with E-state index in [0.29, 0.717) is 0 Å². The van der Waals surface area contributed by atoms with Gasteiger partial charge in [0.2, 0.25) is 0 Å². The van der Waals surface area contributed by atoms with Crippen LogP contribution >= 0.6 is 11.8 Å². The van der Waals surface area contributed by atoms with Gasteiger partial charge < -0.3 is 0 Å². The van der Waals surface area contributed by atoms with Crippen molar-refractivity contribution in [3.8, 4) is 0 Å². The third kappa shape index (κ3) is 2.52. The first-order chi connectivity index (χ1) is 6.84. The van der Waals surface area contributed by atoms with E-state index < -0.39 is 0 Å². The summed E-state index contributed by atoms with van der Waals surface area (Å²) in [5.74, 6) is 0. The van der Waals surface area contributed by atoms with Crippen molar-refractivity contribution in [1.82, 2.24) is 0 Å². The zero-order valence-electron chi connectivity index (χ0n) is 8.36. The predicted molar refractivity (Wildman–Crippen MR) is 63.5 cm³/mol. The van der Waals surface area contributed by atoms with Crippen molar-refractivity contribution in [2.24, 2.45) is 0 Å². The lowest BCUT2D eigenvalue weighted by atomic mass is 10.2. The molecule has 0 heterocycles. The molecule has 0 aliphatic heterocycles. The maximum Gasteiger partial charge on any atom is 0.0122 e. The number of thioether (sulfide) groups is 1. The van der Waals surface area contributed by atoms with E-state index in [1.807, 2.05) is 11.8 Å². The van der Waals surface area contributed by atoms with Gasteiger partial charge >= 0.3 is 0 Å². The molecule has 2 rings (SSSR count). The minimum atomic E-state index is 1.19.